The summed E-state index contributed by atoms with van der Waals surface area (Å²) in [7, 11) is 0. The number of halogens is 2. The van der Waals surface area contributed by atoms with Gasteiger partial charge in [0.25, 0.3) is 0 Å². The van der Waals surface area contributed by atoms with Crippen molar-refractivity contribution in [2.75, 3.05) is 26.4 Å². The van der Waals surface area contributed by atoms with E-state index in [2.05, 4.69) is 5.32 Å². The number of carbonyl (C=O) groups is 1. The van der Waals surface area contributed by atoms with Crippen molar-refractivity contribution in [2.45, 2.75) is 25.7 Å². The molecule has 1 aromatic rings. The number of aliphatic hydroxyl groups is 1. The summed E-state index contributed by atoms with van der Waals surface area (Å²) in [6.45, 7) is 2.75. The molecule has 1 atom stereocenters. The van der Waals surface area contributed by atoms with Crippen LogP contribution in [0.3, 0.4) is 0 Å². The smallest absolute Gasteiger partial charge is 0.227 e. The molecular weight excluding hydrogens is 292 g/mol. The monoisotopic (exact) mass is 313 g/mol. The Hall–Kier alpha value is -1.53. The van der Waals surface area contributed by atoms with Crippen LogP contribution in [-0.2, 0) is 9.53 Å². The predicted octanol–water partition coefficient (Wildman–Crippen LogP) is 1.97. The lowest BCUT2D eigenvalue weighted by atomic mass is 9.81. The molecule has 2 N–H and O–H groups in total. The standard InChI is InChI=1S/C16H21F2NO3/c1-11(14-12(17)3-2-4-13(14)18)15(21)19-9-16(10-20)5-7-22-8-6-16/h2-4,11,20H,5-10H2,1H3,(H,19,21). The summed E-state index contributed by atoms with van der Waals surface area (Å²) in [6, 6.07) is 3.54. The maximum atomic E-state index is 13.7. The fraction of sp³-hybridized carbons (Fsp3) is 0.562. The van der Waals surface area contributed by atoms with Crippen LogP contribution in [0.1, 0.15) is 31.2 Å². The molecule has 0 bridgehead atoms. The summed E-state index contributed by atoms with van der Waals surface area (Å²) >= 11 is 0. The average Bonchev–Trinajstić information content (AvgIpc) is 2.53. The second-order valence-electron chi connectivity index (χ2n) is 5.85. The van der Waals surface area contributed by atoms with Crippen LogP contribution in [0.2, 0.25) is 0 Å². The molecular formula is C16H21F2NO3. The van der Waals surface area contributed by atoms with Crippen LogP contribution in [0.4, 0.5) is 8.78 Å². The molecule has 6 heteroatoms. The van der Waals surface area contributed by atoms with Gasteiger partial charge in [-0.2, -0.15) is 0 Å². The molecule has 1 aliphatic heterocycles. The Morgan fingerprint density at radius 2 is 1.95 bits per heavy atom. The third kappa shape index (κ3) is 3.62. The highest BCUT2D eigenvalue weighted by Crippen LogP contribution is 2.29. The first-order chi connectivity index (χ1) is 10.5. The molecule has 1 amide bonds. The number of ether oxygens (including phenoxy) is 1. The van der Waals surface area contributed by atoms with Crippen molar-refractivity contribution in [1.82, 2.24) is 5.32 Å². The Balaban J connectivity index is 2.02. The van der Waals surface area contributed by atoms with Gasteiger partial charge in [0.05, 0.1) is 12.5 Å². The number of carbonyl (C=O) groups excluding carboxylic acids is 1. The van der Waals surface area contributed by atoms with Crippen molar-refractivity contribution in [1.29, 1.82) is 0 Å². The zero-order valence-electron chi connectivity index (χ0n) is 12.6. The van der Waals surface area contributed by atoms with Crippen LogP contribution in [0, 0.1) is 17.0 Å². The van der Waals surface area contributed by atoms with E-state index in [9.17, 15) is 18.7 Å². The number of hydrogen-bond donors (Lipinski definition) is 2. The molecule has 1 heterocycles. The van der Waals surface area contributed by atoms with Gasteiger partial charge in [0, 0.05) is 30.7 Å². The van der Waals surface area contributed by atoms with Gasteiger partial charge in [-0.15, -0.1) is 0 Å². The average molecular weight is 313 g/mol. The van der Waals surface area contributed by atoms with E-state index in [1.807, 2.05) is 0 Å². The molecule has 0 aliphatic carbocycles. The Labute approximate surface area is 128 Å². The van der Waals surface area contributed by atoms with Gasteiger partial charge >= 0.3 is 0 Å². The molecule has 4 nitrogen and oxygen atoms in total. The first-order valence-corrected chi connectivity index (χ1v) is 7.39. The third-order valence-electron chi connectivity index (χ3n) is 4.35. The van der Waals surface area contributed by atoms with Gasteiger partial charge < -0.3 is 15.2 Å². The molecule has 0 spiro atoms. The minimum atomic E-state index is -0.934. The topological polar surface area (TPSA) is 58.6 Å². The Bertz CT molecular complexity index is 510. The molecule has 122 valence electrons. The summed E-state index contributed by atoms with van der Waals surface area (Å²) in [5.41, 5.74) is -0.647. The molecule has 0 aromatic heterocycles. The number of rotatable bonds is 5. The summed E-state index contributed by atoms with van der Waals surface area (Å²) in [4.78, 5) is 12.2. The van der Waals surface area contributed by atoms with Crippen molar-refractivity contribution >= 4 is 5.91 Å². The van der Waals surface area contributed by atoms with E-state index in [1.54, 1.807) is 0 Å². The molecule has 22 heavy (non-hydrogen) atoms. The van der Waals surface area contributed by atoms with Gasteiger partial charge in [0.1, 0.15) is 11.6 Å². The van der Waals surface area contributed by atoms with Gasteiger partial charge in [-0.25, -0.2) is 8.78 Å². The lowest BCUT2D eigenvalue weighted by Gasteiger charge is -2.35. The Kier molecular flexibility index (Phi) is 5.47. The van der Waals surface area contributed by atoms with Gasteiger partial charge in [0.15, 0.2) is 0 Å². The van der Waals surface area contributed by atoms with Crippen molar-refractivity contribution in [3.8, 4) is 0 Å². The number of hydrogen-bond acceptors (Lipinski definition) is 3. The Morgan fingerprint density at radius 3 is 2.50 bits per heavy atom. The van der Waals surface area contributed by atoms with E-state index in [-0.39, 0.29) is 18.7 Å². The second kappa shape index (κ2) is 7.15. The summed E-state index contributed by atoms with van der Waals surface area (Å²) in [5, 5.41) is 12.3. The minimum absolute atomic E-state index is 0.0565. The van der Waals surface area contributed by atoms with Crippen molar-refractivity contribution < 1.29 is 23.4 Å². The van der Waals surface area contributed by atoms with Crippen molar-refractivity contribution in [2.24, 2.45) is 5.41 Å². The summed E-state index contributed by atoms with van der Waals surface area (Å²) in [5.74, 6) is -2.85. The number of nitrogens with one attached hydrogen (secondary N) is 1. The van der Waals surface area contributed by atoms with Gasteiger partial charge in [-0.05, 0) is 31.9 Å². The molecule has 1 aliphatic rings. The second-order valence-corrected chi connectivity index (χ2v) is 5.85. The van der Waals surface area contributed by atoms with Crippen LogP contribution in [0.15, 0.2) is 18.2 Å². The van der Waals surface area contributed by atoms with E-state index in [1.165, 1.54) is 13.0 Å². The van der Waals surface area contributed by atoms with Crippen LogP contribution < -0.4 is 5.32 Å². The molecule has 2 rings (SSSR count). The predicted molar refractivity (Wildman–Crippen MR) is 77.4 cm³/mol. The van der Waals surface area contributed by atoms with Crippen LogP contribution >= 0.6 is 0 Å². The van der Waals surface area contributed by atoms with Gasteiger partial charge in [-0.1, -0.05) is 6.07 Å². The van der Waals surface area contributed by atoms with Gasteiger partial charge in [-0.3, -0.25) is 4.79 Å². The molecule has 0 saturated carbocycles. The quantitative estimate of drug-likeness (QED) is 0.874. The summed E-state index contributed by atoms with van der Waals surface area (Å²) < 4.78 is 32.7. The molecule has 1 saturated heterocycles. The number of benzene rings is 1. The first kappa shape index (κ1) is 16.8. The molecule has 0 radical (unpaired) electrons. The van der Waals surface area contributed by atoms with Crippen LogP contribution in [0.5, 0.6) is 0 Å². The van der Waals surface area contributed by atoms with E-state index < -0.39 is 28.9 Å². The summed E-state index contributed by atoms with van der Waals surface area (Å²) in [6.07, 6.45) is 1.29. The first-order valence-electron chi connectivity index (χ1n) is 7.39. The van der Waals surface area contributed by atoms with Crippen LogP contribution in [0.25, 0.3) is 0 Å². The van der Waals surface area contributed by atoms with E-state index >= 15 is 0 Å². The maximum absolute atomic E-state index is 13.7. The lowest BCUT2D eigenvalue weighted by Crippen LogP contribution is -2.44. The maximum Gasteiger partial charge on any atom is 0.227 e. The van der Waals surface area contributed by atoms with E-state index in [0.29, 0.717) is 26.1 Å². The highest BCUT2D eigenvalue weighted by atomic mass is 19.1. The highest BCUT2D eigenvalue weighted by molar-refractivity contribution is 5.83. The molecule has 1 unspecified atom stereocenters. The Morgan fingerprint density at radius 1 is 1.36 bits per heavy atom. The fourth-order valence-corrected chi connectivity index (χ4v) is 2.68. The number of aliphatic hydroxyl groups excluding tert-OH is 1. The zero-order chi connectivity index (χ0) is 16.2. The van der Waals surface area contributed by atoms with Gasteiger partial charge in [0.2, 0.25) is 5.91 Å². The van der Waals surface area contributed by atoms with Crippen LogP contribution in [-0.4, -0.2) is 37.4 Å². The van der Waals surface area contributed by atoms with E-state index in [0.717, 1.165) is 12.1 Å². The fourth-order valence-electron chi connectivity index (χ4n) is 2.68. The van der Waals surface area contributed by atoms with E-state index in [4.69, 9.17) is 4.74 Å². The third-order valence-corrected chi connectivity index (χ3v) is 4.35. The van der Waals surface area contributed by atoms with Crippen molar-refractivity contribution in [3.63, 3.8) is 0 Å². The number of amides is 1. The SMILES string of the molecule is CC(C(=O)NCC1(CO)CCOCC1)c1c(F)cccc1F. The zero-order valence-corrected chi connectivity index (χ0v) is 12.6. The largest absolute Gasteiger partial charge is 0.396 e. The lowest BCUT2D eigenvalue weighted by molar-refractivity contribution is -0.123. The van der Waals surface area contributed by atoms with Crippen molar-refractivity contribution in [3.05, 3.63) is 35.4 Å². The normalized spacial score (nSPS) is 18.7. The molecule has 1 aromatic carbocycles. The highest BCUT2D eigenvalue weighted by Gasteiger charge is 2.33. The molecule has 1 fully saturated rings. The minimum Gasteiger partial charge on any atom is -0.396 e.